The molecular formula is C23H29NO4S. The normalized spacial score (nSPS) is 18.0. The highest BCUT2D eigenvalue weighted by atomic mass is 32.2. The Morgan fingerprint density at radius 1 is 1.17 bits per heavy atom. The van der Waals surface area contributed by atoms with E-state index in [1.54, 1.807) is 4.90 Å². The highest BCUT2D eigenvalue weighted by Gasteiger charge is 2.34. The maximum absolute atomic E-state index is 13.1. The monoisotopic (exact) mass is 415 g/mol. The van der Waals surface area contributed by atoms with Gasteiger partial charge in [0.05, 0.1) is 11.5 Å². The number of aryl methyl sites for hydroxylation is 1. The molecule has 1 saturated heterocycles. The first kappa shape index (κ1) is 21.4. The molecule has 1 unspecified atom stereocenters. The Labute approximate surface area is 173 Å². The molecule has 0 aromatic heterocycles. The van der Waals surface area contributed by atoms with Gasteiger partial charge < -0.3 is 9.64 Å². The van der Waals surface area contributed by atoms with Gasteiger partial charge in [0.25, 0.3) is 5.91 Å². The number of hydrogen-bond donors (Lipinski definition) is 0. The van der Waals surface area contributed by atoms with E-state index in [4.69, 9.17) is 4.74 Å². The first-order chi connectivity index (χ1) is 13.7. The number of hydrogen-bond acceptors (Lipinski definition) is 4. The molecule has 0 N–H and O–H groups in total. The van der Waals surface area contributed by atoms with Crippen molar-refractivity contribution >= 4 is 15.7 Å². The van der Waals surface area contributed by atoms with Crippen molar-refractivity contribution in [2.45, 2.75) is 45.7 Å². The molecule has 1 amide bonds. The van der Waals surface area contributed by atoms with E-state index >= 15 is 0 Å². The first-order valence-electron chi connectivity index (χ1n) is 10.0. The summed E-state index contributed by atoms with van der Waals surface area (Å²) in [5.41, 5.74) is 3.10. The van der Waals surface area contributed by atoms with E-state index in [2.05, 4.69) is 13.8 Å². The quantitative estimate of drug-likeness (QED) is 0.692. The molecule has 0 bridgehead atoms. The van der Waals surface area contributed by atoms with Gasteiger partial charge in [0, 0.05) is 12.6 Å². The van der Waals surface area contributed by atoms with Crippen molar-refractivity contribution in [3.8, 4) is 5.75 Å². The topological polar surface area (TPSA) is 63.7 Å². The van der Waals surface area contributed by atoms with E-state index in [1.807, 2.05) is 55.5 Å². The number of carbonyl (C=O) groups excluding carboxylic acids is 1. The van der Waals surface area contributed by atoms with Crippen molar-refractivity contribution in [3.63, 3.8) is 0 Å². The van der Waals surface area contributed by atoms with Crippen LogP contribution in [0.1, 0.15) is 42.9 Å². The summed E-state index contributed by atoms with van der Waals surface area (Å²) in [5, 5.41) is 0. The molecule has 3 rings (SSSR count). The third-order valence-electron chi connectivity index (χ3n) is 5.31. The summed E-state index contributed by atoms with van der Waals surface area (Å²) in [7, 11) is -3.09. The summed E-state index contributed by atoms with van der Waals surface area (Å²) in [6, 6.07) is 15.4. The van der Waals surface area contributed by atoms with E-state index in [0.29, 0.717) is 18.7 Å². The number of nitrogens with zero attached hydrogens (tertiary/aromatic N) is 1. The number of ether oxygens (including phenoxy) is 1. The van der Waals surface area contributed by atoms with E-state index in [-0.39, 0.29) is 36.0 Å². The molecule has 1 atom stereocenters. The second-order valence-corrected chi connectivity index (χ2v) is 10.3. The summed E-state index contributed by atoms with van der Waals surface area (Å²) in [6.45, 7) is 6.44. The Kier molecular flexibility index (Phi) is 6.63. The van der Waals surface area contributed by atoms with E-state index in [1.165, 1.54) is 0 Å². The van der Waals surface area contributed by atoms with Crippen LogP contribution in [0.4, 0.5) is 0 Å². The Hall–Kier alpha value is -2.34. The molecule has 5 nitrogen and oxygen atoms in total. The zero-order chi connectivity index (χ0) is 21.0. The Morgan fingerprint density at radius 3 is 2.52 bits per heavy atom. The second kappa shape index (κ2) is 8.99. The van der Waals surface area contributed by atoms with Crippen LogP contribution >= 0.6 is 0 Å². The largest absolute Gasteiger partial charge is 0.483 e. The maximum atomic E-state index is 13.1. The Bertz CT molecular complexity index is 954. The smallest absolute Gasteiger partial charge is 0.261 e. The van der Waals surface area contributed by atoms with Gasteiger partial charge in [-0.15, -0.1) is 0 Å². The minimum atomic E-state index is -3.09. The summed E-state index contributed by atoms with van der Waals surface area (Å²) in [5.74, 6) is 0.958. The van der Waals surface area contributed by atoms with Crippen LogP contribution < -0.4 is 4.74 Å². The zero-order valence-electron chi connectivity index (χ0n) is 17.3. The minimum absolute atomic E-state index is 0.0211. The number of sulfone groups is 1. The molecule has 1 aliphatic heterocycles. The number of amides is 1. The van der Waals surface area contributed by atoms with Crippen molar-refractivity contribution < 1.29 is 17.9 Å². The Morgan fingerprint density at radius 2 is 1.90 bits per heavy atom. The third-order valence-corrected chi connectivity index (χ3v) is 7.06. The van der Waals surface area contributed by atoms with Crippen LogP contribution in [0.25, 0.3) is 0 Å². The summed E-state index contributed by atoms with van der Waals surface area (Å²) in [4.78, 5) is 14.8. The molecular weight excluding hydrogens is 386 g/mol. The van der Waals surface area contributed by atoms with Crippen LogP contribution in [0.2, 0.25) is 0 Å². The van der Waals surface area contributed by atoms with Crippen LogP contribution in [0.5, 0.6) is 5.75 Å². The standard InChI is InChI=1S/C23H29NO4S/c1-17(2)21-10-9-18(3)13-22(21)28-15-23(25)24(14-19-7-5-4-6-8-19)20-11-12-29(26,27)16-20/h4-10,13,17,20H,11-12,14-16H2,1-3H3. The molecule has 156 valence electrons. The van der Waals surface area contributed by atoms with Gasteiger partial charge in [-0.3, -0.25) is 4.79 Å². The van der Waals surface area contributed by atoms with Crippen molar-refractivity contribution in [1.82, 2.24) is 4.90 Å². The van der Waals surface area contributed by atoms with Gasteiger partial charge in [0.1, 0.15) is 5.75 Å². The molecule has 1 aliphatic rings. The first-order valence-corrected chi connectivity index (χ1v) is 11.8. The molecule has 1 heterocycles. The highest BCUT2D eigenvalue weighted by Crippen LogP contribution is 2.28. The molecule has 2 aromatic carbocycles. The molecule has 0 spiro atoms. The SMILES string of the molecule is Cc1ccc(C(C)C)c(OCC(=O)N(Cc2ccccc2)C2CCS(=O)(=O)C2)c1. The van der Waals surface area contributed by atoms with E-state index < -0.39 is 9.84 Å². The summed E-state index contributed by atoms with van der Waals surface area (Å²) < 4.78 is 29.9. The fraction of sp³-hybridized carbons (Fsp3) is 0.435. The minimum Gasteiger partial charge on any atom is -0.483 e. The van der Waals surface area contributed by atoms with Crippen LogP contribution in [-0.4, -0.2) is 43.4 Å². The van der Waals surface area contributed by atoms with Gasteiger partial charge in [-0.25, -0.2) is 8.42 Å². The van der Waals surface area contributed by atoms with Crippen molar-refractivity contribution in [2.24, 2.45) is 0 Å². The van der Waals surface area contributed by atoms with Gasteiger partial charge >= 0.3 is 0 Å². The van der Waals surface area contributed by atoms with Crippen LogP contribution in [0.15, 0.2) is 48.5 Å². The lowest BCUT2D eigenvalue weighted by Gasteiger charge is -2.28. The van der Waals surface area contributed by atoms with E-state index in [0.717, 1.165) is 16.7 Å². The van der Waals surface area contributed by atoms with Crippen LogP contribution in [-0.2, 0) is 21.2 Å². The summed E-state index contributed by atoms with van der Waals surface area (Å²) in [6.07, 6.45) is 0.475. The second-order valence-electron chi connectivity index (χ2n) is 8.05. The zero-order valence-corrected chi connectivity index (χ0v) is 18.1. The van der Waals surface area contributed by atoms with Crippen LogP contribution in [0, 0.1) is 6.92 Å². The highest BCUT2D eigenvalue weighted by molar-refractivity contribution is 7.91. The maximum Gasteiger partial charge on any atom is 0.261 e. The van der Waals surface area contributed by atoms with Gasteiger partial charge in [-0.05, 0) is 42.0 Å². The van der Waals surface area contributed by atoms with Gasteiger partial charge in [0.2, 0.25) is 0 Å². The molecule has 2 aromatic rings. The average Bonchev–Trinajstić information content (AvgIpc) is 3.04. The predicted octanol–water partition coefficient (Wildman–Crippen LogP) is 3.71. The average molecular weight is 416 g/mol. The fourth-order valence-corrected chi connectivity index (χ4v) is 5.42. The summed E-state index contributed by atoms with van der Waals surface area (Å²) >= 11 is 0. The molecule has 1 fully saturated rings. The van der Waals surface area contributed by atoms with Crippen molar-refractivity contribution in [1.29, 1.82) is 0 Å². The number of carbonyl (C=O) groups is 1. The molecule has 0 radical (unpaired) electrons. The van der Waals surface area contributed by atoms with Gasteiger partial charge in [-0.2, -0.15) is 0 Å². The van der Waals surface area contributed by atoms with Crippen molar-refractivity contribution in [3.05, 3.63) is 65.2 Å². The fourth-order valence-electron chi connectivity index (χ4n) is 3.69. The lowest BCUT2D eigenvalue weighted by Crippen LogP contribution is -2.43. The Balaban J connectivity index is 1.77. The van der Waals surface area contributed by atoms with Crippen LogP contribution in [0.3, 0.4) is 0 Å². The number of rotatable bonds is 7. The predicted molar refractivity (Wildman–Crippen MR) is 115 cm³/mol. The van der Waals surface area contributed by atoms with E-state index in [9.17, 15) is 13.2 Å². The molecule has 29 heavy (non-hydrogen) atoms. The molecule has 6 heteroatoms. The lowest BCUT2D eigenvalue weighted by atomic mass is 10.0. The molecule has 0 saturated carbocycles. The molecule has 0 aliphatic carbocycles. The lowest BCUT2D eigenvalue weighted by molar-refractivity contribution is -0.136. The van der Waals surface area contributed by atoms with Gasteiger partial charge in [-0.1, -0.05) is 56.3 Å². The number of benzene rings is 2. The van der Waals surface area contributed by atoms with Gasteiger partial charge in [0.15, 0.2) is 16.4 Å². The van der Waals surface area contributed by atoms with Crippen molar-refractivity contribution in [2.75, 3.05) is 18.1 Å². The third kappa shape index (κ3) is 5.60.